The van der Waals surface area contributed by atoms with Crippen LogP contribution in [-0.4, -0.2) is 38.4 Å². The summed E-state index contributed by atoms with van der Waals surface area (Å²) in [6.45, 7) is 2.09. The summed E-state index contributed by atoms with van der Waals surface area (Å²) in [5, 5.41) is 3.57. The number of amides is 1. The number of aliphatic imine (C=N–C) groups is 1. The van der Waals surface area contributed by atoms with E-state index in [1.54, 1.807) is 14.2 Å². The normalized spacial score (nSPS) is 20.9. The summed E-state index contributed by atoms with van der Waals surface area (Å²) in [4.78, 5) is 21.2. The second kappa shape index (κ2) is 12.2. The van der Waals surface area contributed by atoms with E-state index in [1.807, 2.05) is 18.2 Å². The fourth-order valence-corrected chi connectivity index (χ4v) is 8.14. The van der Waals surface area contributed by atoms with Crippen LogP contribution in [0.3, 0.4) is 0 Å². The summed E-state index contributed by atoms with van der Waals surface area (Å²) in [6.07, 6.45) is 3.97. The number of amidine groups is 1. The first-order valence-electron chi connectivity index (χ1n) is 14.8. The molecule has 0 radical (unpaired) electrons. The molecular weight excluding hydrogens is 634 g/mol. The van der Waals surface area contributed by atoms with E-state index in [2.05, 4.69) is 98.9 Å². The van der Waals surface area contributed by atoms with E-state index in [0.717, 1.165) is 41.7 Å². The standard InChI is InChI=1S/C36H32BrN3O3S/c1-42-31-18-22(17-30(37)34(31)43-2)19-32-35(41)39-36(44-32)38-25-20-28-26(23-9-5-3-6-10-23)13-15-40-16-14-27(29(21-25)33(28)40)24-11-7-4-8-12-24/h3-12,17-21,26-27H,13-16H2,1-2H3,(H,38,39,41)/b32-19-/t26-,27+. The third kappa shape index (κ3) is 5.41. The Morgan fingerprint density at radius 2 is 1.50 bits per heavy atom. The Morgan fingerprint density at radius 1 is 0.886 bits per heavy atom. The van der Waals surface area contributed by atoms with Gasteiger partial charge in [-0.1, -0.05) is 60.7 Å². The molecule has 4 aromatic carbocycles. The average molecular weight is 667 g/mol. The smallest absolute Gasteiger partial charge is 0.264 e. The molecule has 222 valence electrons. The SMILES string of the molecule is COc1cc(/C=C2\SC(=Nc3cc4c5c(c3)[C@H](c3ccccc3)CCN5CC[C@@H]4c3ccccc3)NC2=O)cc(Br)c1OC. The van der Waals surface area contributed by atoms with E-state index in [9.17, 15) is 4.79 Å². The molecule has 3 heterocycles. The van der Waals surface area contributed by atoms with E-state index < -0.39 is 0 Å². The van der Waals surface area contributed by atoms with Crippen LogP contribution < -0.4 is 19.7 Å². The fraction of sp³-hybridized carbons (Fsp3) is 0.222. The Balaban J connectivity index is 1.29. The van der Waals surface area contributed by atoms with Crippen LogP contribution in [0.5, 0.6) is 11.5 Å². The first-order chi connectivity index (χ1) is 21.5. The lowest BCUT2D eigenvalue weighted by atomic mass is 9.76. The maximum atomic E-state index is 13.1. The summed E-state index contributed by atoms with van der Waals surface area (Å²) in [7, 11) is 3.19. The van der Waals surface area contributed by atoms with Crippen molar-refractivity contribution in [1.82, 2.24) is 5.32 Å². The minimum Gasteiger partial charge on any atom is -0.493 e. The summed E-state index contributed by atoms with van der Waals surface area (Å²) >= 11 is 4.90. The van der Waals surface area contributed by atoms with Crippen LogP contribution in [0.1, 0.15) is 52.5 Å². The molecule has 0 bridgehead atoms. The minimum absolute atomic E-state index is 0.172. The number of methoxy groups -OCH3 is 2. The van der Waals surface area contributed by atoms with Gasteiger partial charge in [0.15, 0.2) is 16.7 Å². The molecule has 0 unspecified atom stereocenters. The van der Waals surface area contributed by atoms with Gasteiger partial charge in [-0.05, 0) is 98.7 Å². The van der Waals surface area contributed by atoms with Gasteiger partial charge in [0.25, 0.3) is 5.91 Å². The molecular formula is C36H32BrN3O3S. The maximum absolute atomic E-state index is 13.1. The largest absolute Gasteiger partial charge is 0.493 e. The van der Waals surface area contributed by atoms with Crippen LogP contribution in [0.2, 0.25) is 0 Å². The molecule has 7 rings (SSSR count). The lowest BCUT2D eigenvalue weighted by Gasteiger charge is -2.43. The number of hydrogen-bond acceptors (Lipinski definition) is 6. The minimum atomic E-state index is -0.172. The van der Waals surface area contributed by atoms with Gasteiger partial charge in [0.05, 0.1) is 29.3 Å². The summed E-state index contributed by atoms with van der Waals surface area (Å²) in [5.74, 6) is 1.61. The average Bonchev–Trinajstić information content (AvgIpc) is 3.39. The van der Waals surface area contributed by atoms with Gasteiger partial charge >= 0.3 is 0 Å². The predicted octanol–water partition coefficient (Wildman–Crippen LogP) is 8.24. The molecule has 4 aromatic rings. The number of ether oxygens (including phenoxy) is 2. The topological polar surface area (TPSA) is 63.2 Å². The molecule has 0 aliphatic carbocycles. The van der Waals surface area contributed by atoms with Crippen LogP contribution in [0.15, 0.2) is 99.3 Å². The van der Waals surface area contributed by atoms with Crippen molar-refractivity contribution in [3.8, 4) is 11.5 Å². The van der Waals surface area contributed by atoms with Crippen LogP contribution in [-0.2, 0) is 4.79 Å². The van der Waals surface area contributed by atoms with E-state index in [1.165, 1.54) is 39.7 Å². The lowest BCUT2D eigenvalue weighted by molar-refractivity contribution is -0.115. The van der Waals surface area contributed by atoms with Crippen molar-refractivity contribution >= 4 is 56.2 Å². The lowest BCUT2D eigenvalue weighted by Crippen LogP contribution is -2.37. The second-order valence-corrected chi connectivity index (χ2v) is 13.1. The van der Waals surface area contributed by atoms with Gasteiger partial charge in [-0.25, -0.2) is 4.99 Å². The quantitative estimate of drug-likeness (QED) is 0.210. The molecule has 44 heavy (non-hydrogen) atoms. The Labute approximate surface area is 270 Å². The molecule has 8 heteroatoms. The Bertz CT molecular complexity index is 1720. The van der Waals surface area contributed by atoms with Crippen LogP contribution >= 0.6 is 27.7 Å². The van der Waals surface area contributed by atoms with Gasteiger partial charge in [0.1, 0.15) is 0 Å². The van der Waals surface area contributed by atoms with E-state index >= 15 is 0 Å². The van der Waals surface area contributed by atoms with Gasteiger partial charge in [-0.2, -0.15) is 0 Å². The highest BCUT2D eigenvalue weighted by Crippen LogP contribution is 2.50. The summed E-state index contributed by atoms with van der Waals surface area (Å²) < 4.78 is 11.7. The van der Waals surface area contributed by atoms with E-state index in [4.69, 9.17) is 14.5 Å². The highest BCUT2D eigenvalue weighted by molar-refractivity contribution is 9.10. The highest BCUT2D eigenvalue weighted by Gasteiger charge is 2.35. The first kappa shape index (κ1) is 28.7. The zero-order chi connectivity index (χ0) is 30.2. The monoisotopic (exact) mass is 665 g/mol. The molecule has 6 nitrogen and oxygen atoms in total. The van der Waals surface area contributed by atoms with Crippen molar-refractivity contribution in [3.63, 3.8) is 0 Å². The number of thioether (sulfide) groups is 1. The fourth-order valence-electron chi connectivity index (χ4n) is 6.67. The maximum Gasteiger partial charge on any atom is 0.264 e. The Kier molecular flexibility index (Phi) is 7.95. The van der Waals surface area contributed by atoms with Crippen molar-refractivity contribution in [2.24, 2.45) is 4.99 Å². The number of carbonyl (C=O) groups excluding carboxylic acids is 1. The van der Waals surface area contributed by atoms with Crippen LogP contribution in [0, 0.1) is 0 Å². The van der Waals surface area contributed by atoms with Gasteiger partial charge in [-0.3, -0.25) is 4.79 Å². The molecule has 1 N–H and O–H groups in total. The number of nitrogens with zero attached hydrogens (tertiary/aromatic N) is 2. The molecule has 1 amide bonds. The van der Waals surface area contributed by atoms with Crippen molar-refractivity contribution in [3.05, 3.63) is 122 Å². The molecule has 1 fully saturated rings. The second-order valence-electron chi connectivity index (χ2n) is 11.2. The molecule has 0 spiro atoms. The molecule has 0 saturated carbocycles. The number of carbonyl (C=O) groups is 1. The zero-order valence-electron chi connectivity index (χ0n) is 24.5. The van der Waals surface area contributed by atoms with Crippen molar-refractivity contribution in [1.29, 1.82) is 0 Å². The van der Waals surface area contributed by atoms with Crippen molar-refractivity contribution < 1.29 is 14.3 Å². The molecule has 3 aliphatic heterocycles. The molecule has 2 atom stereocenters. The van der Waals surface area contributed by atoms with Gasteiger partial charge in [0.2, 0.25) is 0 Å². The van der Waals surface area contributed by atoms with Gasteiger partial charge in [-0.15, -0.1) is 0 Å². The summed E-state index contributed by atoms with van der Waals surface area (Å²) in [5.41, 5.74) is 8.34. The van der Waals surface area contributed by atoms with Gasteiger partial charge < -0.3 is 19.7 Å². The number of rotatable bonds is 6. The molecule has 1 saturated heterocycles. The van der Waals surface area contributed by atoms with Crippen LogP contribution in [0.4, 0.5) is 11.4 Å². The first-order valence-corrected chi connectivity index (χ1v) is 16.4. The third-order valence-corrected chi connectivity index (χ3v) is 10.1. The van der Waals surface area contributed by atoms with Gasteiger partial charge in [0, 0.05) is 30.6 Å². The number of anilines is 1. The van der Waals surface area contributed by atoms with E-state index in [0.29, 0.717) is 33.4 Å². The van der Waals surface area contributed by atoms with Crippen molar-refractivity contribution in [2.45, 2.75) is 24.7 Å². The number of benzene rings is 4. The number of halogens is 1. The highest BCUT2D eigenvalue weighted by atomic mass is 79.9. The zero-order valence-corrected chi connectivity index (χ0v) is 27.0. The van der Waals surface area contributed by atoms with Crippen molar-refractivity contribution in [2.75, 3.05) is 32.2 Å². The number of nitrogens with one attached hydrogen (secondary N) is 1. The predicted molar refractivity (Wildman–Crippen MR) is 183 cm³/mol. The Morgan fingerprint density at radius 3 is 2.07 bits per heavy atom. The number of hydrogen-bond donors (Lipinski definition) is 1. The third-order valence-electron chi connectivity index (χ3n) is 8.64. The molecule has 0 aromatic heterocycles. The van der Waals surface area contributed by atoms with Crippen LogP contribution in [0.25, 0.3) is 6.08 Å². The van der Waals surface area contributed by atoms with E-state index in [-0.39, 0.29) is 5.91 Å². The summed E-state index contributed by atoms with van der Waals surface area (Å²) in [6, 6.07) is 29.8. The molecule has 3 aliphatic rings. The Hall–Kier alpha value is -4.01.